The molecule has 4 N–H and O–H groups in total. The Bertz CT molecular complexity index is 219. The summed E-state index contributed by atoms with van der Waals surface area (Å²) in [5, 5.41) is 3.22. The molecule has 0 unspecified atom stereocenters. The summed E-state index contributed by atoms with van der Waals surface area (Å²) in [5.41, 5.74) is 7.63. The highest BCUT2D eigenvalue weighted by molar-refractivity contribution is 5.08. The van der Waals surface area contributed by atoms with Crippen LogP contribution in [0.2, 0.25) is 0 Å². The average Bonchev–Trinajstić information content (AvgIpc) is 2.46. The van der Waals surface area contributed by atoms with Gasteiger partial charge in [-0.2, -0.15) is 0 Å². The zero-order chi connectivity index (χ0) is 8.81. The lowest BCUT2D eigenvalue weighted by Crippen LogP contribution is -2.24. The Kier molecular flexibility index (Phi) is 3.76. The highest BCUT2D eigenvalue weighted by Crippen LogP contribution is 1.99. The van der Waals surface area contributed by atoms with Crippen molar-refractivity contribution in [2.75, 3.05) is 19.6 Å². The van der Waals surface area contributed by atoms with Crippen molar-refractivity contribution in [3.63, 3.8) is 0 Å². The second kappa shape index (κ2) is 4.90. The van der Waals surface area contributed by atoms with Crippen LogP contribution in [-0.4, -0.2) is 29.6 Å². The molecule has 0 saturated heterocycles. The van der Waals surface area contributed by atoms with Gasteiger partial charge in [-0.25, -0.2) is 4.98 Å². The third kappa shape index (κ3) is 2.64. The summed E-state index contributed by atoms with van der Waals surface area (Å²) in [6.07, 6.45) is 2.70. The number of aromatic nitrogens is 2. The average molecular weight is 168 g/mol. The van der Waals surface area contributed by atoms with Crippen molar-refractivity contribution in [2.24, 2.45) is 5.73 Å². The van der Waals surface area contributed by atoms with Gasteiger partial charge >= 0.3 is 0 Å². The van der Waals surface area contributed by atoms with Crippen LogP contribution in [0.25, 0.3) is 0 Å². The van der Waals surface area contributed by atoms with E-state index in [2.05, 4.69) is 15.3 Å². The van der Waals surface area contributed by atoms with Crippen molar-refractivity contribution in [3.05, 3.63) is 17.7 Å². The smallest absolute Gasteiger partial charge is 0.0925 e. The molecule has 0 aliphatic carbocycles. The maximum atomic E-state index is 5.33. The van der Waals surface area contributed by atoms with Crippen LogP contribution in [0.15, 0.2) is 6.33 Å². The van der Waals surface area contributed by atoms with Gasteiger partial charge in [0.05, 0.1) is 12.0 Å². The largest absolute Gasteiger partial charge is 0.348 e. The van der Waals surface area contributed by atoms with Crippen molar-refractivity contribution >= 4 is 0 Å². The number of hydrogen-bond acceptors (Lipinski definition) is 3. The first-order valence-electron chi connectivity index (χ1n) is 4.24. The summed E-state index contributed by atoms with van der Waals surface area (Å²) in [7, 11) is 0. The lowest BCUT2D eigenvalue weighted by Gasteiger charge is -2.00. The van der Waals surface area contributed by atoms with E-state index in [1.807, 2.05) is 6.92 Å². The van der Waals surface area contributed by atoms with Crippen LogP contribution in [0.4, 0.5) is 0 Å². The number of rotatable bonds is 5. The summed E-state index contributed by atoms with van der Waals surface area (Å²) in [5.74, 6) is 0. The lowest BCUT2D eigenvalue weighted by molar-refractivity contribution is 0.682. The van der Waals surface area contributed by atoms with Crippen LogP contribution in [0.3, 0.4) is 0 Å². The molecule has 12 heavy (non-hydrogen) atoms. The number of nitrogens with zero attached hydrogens (tertiary/aromatic N) is 1. The highest BCUT2D eigenvalue weighted by atomic mass is 14.9. The molecular weight excluding hydrogens is 152 g/mol. The molecule has 0 amide bonds. The Morgan fingerprint density at radius 3 is 3.00 bits per heavy atom. The van der Waals surface area contributed by atoms with Gasteiger partial charge in [-0.05, 0) is 6.92 Å². The Hall–Kier alpha value is -0.870. The third-order valence-electron chi connectivity index (χ3n) is 1.79. The van der Waals surface area contributed by atoms with Gasteiger partial charge in [0.15, 0.2) is 0 Å². The van der Waals surface area contributed by atoms with Gasteiger partial charge in [0.1, 0.15) is 0 Å². The minimum atomic E-state index is 0.694. The van der Waals surface area contributed by atoms with Gasteiger partial charge in [0.25, 0.3) is 0 Å². The van der Waals surface area contributed by atoms with E-state index >= 15 is 0 Å². The number of nitrogens with two attached hydrogens (primary N) is 1. The predicted octanol–water partition coefficient (Wildman–Crippen LogP) is -0.191. The van der Waals surface area contributed by atoms with Crippen LogP contribution < -0.4 is 11.1 Å². The molecule has 0 spiro atoms. The van der Waals surface area contributed by atoms with Crippen molar-refractivity contribution in [2.45, 2.75) is 13.3 Å². The fraction of sp³-hybridized carbons (Fsp3) is 0.625. The van der Waals surface area contributed by atoms with E-state index in [0.717, 1.165) is 30.9 Å². The van der Waals surface area contributed by atoms with Gasteiger partial charge in [-0.3, -0.25) is 0 Å². The number of H-pyrrole nitrogens is 1. The molecule has 4 heteroatoms. The number of imidazole rings is 1. The van der Waals surface area contributed by atoms with Gasteiger partial charge in [-0.15, -0.1) is 0 Å². The number of aryl methyl sites for hydroxylation is 1. The minimum absolute atomic E-state index is 0.694. The van der Waals surface area contributed by atoms with Gasteiger partial charge in [0, 0.05) is 31.7 Å². The third-order valence-corrected chi connectivity index (χ3v) is 1.79. The van der Waals surface area contributed by atoms with Crippen molar-refractivity contribution in [1.82, 2.24) is 15.3 Å². The number of nitrogens with one attached hydrogen (secondary N) is 2. The van der Waals surface area contributed by atoms with Crippen LogP contribution in [0.5, 0.6) is 0 Å². The molecule has 0 bridgehead atoms. The van der Waals surface area contributed by atoms with E-state index < -0.39 is 0 Å². The Labute approximate surface area is 72.6 Å². The maximum Gasteiger partial charge on any atom is 0.0925 e. The zero-order valence-electron chi connectivity index (χ0n) is 7.43. The number of hydrogen-bond donors (Lipinski definition) is 3. The summed E-state index contributed by atoms with van der Waals surface area (Å²) < 4.78 is 0. The SMILES string of the molecule is Cc1[nH]cnc1CCNCCN. The monoisotopic (exact) mass is 168 g/mol. The summed E-state index contributed by atoms with van der Waals surface area (Å²) in [6.45, 7) is 4.55. The predicted molar refractivity (Wildman–Crippen MR) is 49.0 cm³/mol. The van der Waals surface area contributed by atoms with Crippen molar-refractivity contribution < 1.29 is 0 Å². The Morgan fingerprint density at radius 2 is 2.42 bits per heavy atom. The molecule has 4 nitrogen and oxygen atoms in total. The molecule has 1 rings (SSSR count). The molecule has 0 aliphatic heterocycles. The van der Waals surface area contributed by atoms with Crippen LogP contribution in [-0.2, 0) is 6.42 Å². The van der Waals surface area contributed by atoms with Crippen molar-refractivity contribution in [1.29, 1.82) is 0 Å². The molecule has 68 valence electrons. The number of aromatic amines is 1. The summed E-state index contributed by atoms with van der Waals surface area (Å²) >= 11 is 0. The molecule has 0 saturated carbocycles. The van der Waals surface area contributed by atoms with E-state index in [1.165, 1.54) is 0 Å². The second-order valence-electron chi connectivity index (χ2n) is 2.76. The standard InChI is InChI=1S/C8H16N4/c1-7-8(12-6-11-7)2-4-10-5-3-9/h6,10H,2-5,9H2,1H3,(H,11,12). The Morgan fingerprint density at radius 1 is 1.58 bits per heavy atom. The zero-order valence-corrected chi connectivity index (χ0v) is 7.43. The molecule has 0 radical (unpaired) electrons. The molecule has 0 atom stereocenters. The summed E-state index contributed by atoms with van der Waals surface area (Å²) in [4.78, 5) is 7.23. The Balaban J connectivity index is 2.20. The second-order valence-corrected chi connectivity index (χ2v) is 2.76. The molecule has 1 aromatic rings. The molecule has 0 aromatic carbocycles. The fourth-order valence-corrected chi connectivity index (χ4v) is 1.07. The summed E-state index contributed by atoms with van der Waals surface area (Å²) in [6, 6.07) is 0. The van der Waals surface area contributed by atoms with E-state index in [0.29, 0.717) is 6.54 Å². The highest BCUT2D eigenvalue weighted by Gasteiger charge is 1.98. The van der Waals surface area contributed by atoms with Crippen LogP contribution >= 0.6 is 0 Å². The van der Waals surface area contributed by atoms with Gasteiger partial charge in [-0.1, -0.05) is 0 Å². The molecule has 0 aliphatic rings. The van der Waals surface area contributed by atoms with Crippen LogP contribution in [0.1, 0.15) is 11.4 Å². The van der Waals surface area contributed by atoms with E-state index in [-0.39, 0.29) is 0 Å². The first kappa shape index (κ1) is 9.22. The first-order valence-corrected chi connectivity index (χ1v) is 4.24. The molecular formula is C8H16N4. The van der Waals surface area contributed by atoms with Gasteiger partial charge in [0.2, 0.25) is 0 Å². The van der Waals surface area contributed by atoms with E-state index in [4.69, 9.17) is 5.73 Å². The van der Waals surface area contributed by atoms with Crippen LogP contribution in [0, 0.1) is 6.92 Å². The van der Waals surface area contributed by atoms with Crippen molar-refractivity contribution in [3.8, 4) is 0 Å². The topological polar surface area (TPSA) is 66.7 Å². The maximum absolute atomic E-state index is 5.33. The van der Waals surface area contributed by atoms with E-state index in [9.17, 15) is 0 Å². The molecule has 0 fully saturated rings. The quantitative estimate of drug-likeness (QED) is 0.534. The molecule has 1 aromatic heterocycles. The molecule has 1 heterocycles. The lowest BCUT2D eigenvalue weighted by atomic mass is 10.2. The fourth-order valence-electron chi connectivity index (χ4n) is 1.07. The normalized spacial score (nSPS) is 10.5. The first-order chi connectivity index (χ1) is 5.84. The van der Waals surface area contributed by atoms with Gasteiger partial charge < -0.3 is 16.0 Å². The van der Waals surface area contributed by atoms with E-state index in [1.54, 1.807) is 6.33 Å². The minimum Gasteiger partial charge on any atom is -0.348 e.